The number of imidazole rings is 1. The molecule has 6 nitrogen and oxygen atoms in total. The number of benzene rings is 1. The molecule has 0 amide bonds. The predicted molar refractivity (Wildman–Crippen MR) is 106 cm³/mol. The van der Waals surface area contributed by atoms with Gasteiger partial charge in [-0.3, -0.25) is 4.57 Å². The van der Waals surface area contributed by atoms with Gasteiger partial charge >= 0.3 is 0 Å². The molecule has 7 heteroatoms. The van der Waals surface area contributed by atoms with Crippen LogP contribution in [0.4, 0.5) is 11.8 Å². The molecule has 2 aromatic heterocycles. The fraction of sp³-hybridized carbons (Fsp3) is 0.389. The summed E-state index contributed by atoms with van der Waals surface area (Å²) in [7, 11) is 0. The highest BCUT2D eigenvalue weighted by molar-refractivity contribution is 9.10. The predicted octanol–water partition coefficient (Wildman–Crippen LogP) is 3.99. The molecule has 0 atom stereocenters. The number of hydrogen-bond acceptors (Lipinski definition) is 5. The van der Waals surface area contributed by atoms with Crippen LogP contribution >= 0.6 is 15.9 Å². The first kappa shape index (κ1) is 17.7. The summed E-state index contributed by atoms with van der Waals surface area (Å²) in [6, 6.07) is 8.59. The van der Waals surface area contributed by atoms with Crippen molar-refractivity contribution in [1.29, 1.82) is 0 Å². The Labute approximate surface area is 156 Å². The molecule has 0 aliphatic heterocycles. The number of aryl methyl sites for hydroxylation is 1. The van der Waals surface area contributed by atoms with Crippen LogP contribution in [0.5, 0.6) is 0 Å². The Hall–Kier alpha value is -2.15. The molecular weight excluding hydrogens is 380 g/mol. The second kappa shape index (κ2) is 7.82. The van der Waals surface area contributed by atoms with Gasteiger partial charge in [-0.25, -0.2) is 4.98 Å². The largest absolute Gasteiger partial charge is 0.382 e. The Morgan fingerprint density at radius 1 is 1.08 bits per heavy atom. The van der Waals surface area contributed by atoms with Crippen molar-refractivity contribution in [2.75, 3.05) is 17.6 Å². The van der Waals surface area contributed by atoms with E-state index in [1.807, 2.05) is 4.57 Å². The molecular formula is C18H23BrN6. The van der Waals surface area contributed by atoms with Gasteiger partial charge < -0.3 is 11.1 Å². The molecule has 132 valence electrons. The molecule has 3 N–H and O–H groups in total. The Bertz CT molecular complexity index is 856. The summed E-state index contributed by atoms with van der Waals surface area (Å²) in [4.78, 5) is 13.4. The maximum atomic E-state index is 6.09. The van der Waals surface area contributed by atoms with Gasteiger partial charge in [0.15, 0.2) is 21.7 Å². The number of aromatic nitrogens is 4. The van der Waals surface area contributed by atoms with Gasteiger partial charge in [0.2, 0.25) is 5.95 Å². The van der Waals surface area contributed by atoms with Crippen LogP contribution < -0.4 is 11.1 Å². The number of halogens is 1. The summed E-state index contributed by atoms with van der Waals surface area (Å²) in [6.07, 6.45) is 3.21. The zero-order chi connectivity index (χ0) is 17.8. The zero-order valence-corrected chi connectivity index (χ0v) is 16.2. The van der Waals surface area contributed by atoms with E-state index in [0.29, 0.717) is 28.6 Å². The van der Waals surface area contributed by atoms with Crippen LogP contribution in [0.15, 0.2) is 29.0 Å². The van der Waals surface area contributed by atoms with Crippen LogP contribution in [0.2, 0.25) is 0 Å². The minimum absolute atomic E-state index is 0.393. The number of rotatable bonds is 7. The summed E-state index contributed by atoms with van der Waals surface area (Å²) in [6.45, 7) is 5.80. The van der Waals surface area contributed by atoms with Crippen LogP contribution in [0.1, 0.15) is 37.8 Å². The van der Waals surface area contributed by atoms with Crippen LogP contribution in [0.25, 0.3) is 11.2 Å². The molecule has 25 heavy (non-hydrogen) atoms. The van der Waals surface area contributed by atoms with E-state index in [1.165, 1.54) is 11.1 Å². The molecule has 0 bridgehead atoms. The lowest BCUT2D eigenvalue weighted by Crippen LogP contribution is -2.08. The van der Waals surface area contributed by atoms with Gasteiger partial charge in [-0.2, -0.15) is 9.97 Å². The van der Waals surface area contributed by atoms with E-state index in [0.717, 1.165) is 31.5 Å². The van der Waals surface area contributed by atoms with E-state index >= 15 is 0 Å². The maximum absolute atomic E-state index is 6.09. The molecule has 0 radical (unpaired) electrons. The standard InChI is InChI=1S/C18H23BrN6/c1-3-5-10-21-18-23-15(20)14-16(24-18)25(17(19)22-14)11-13-8-6-12(4-2)7-9-13/h6-9H,3-5,10-11H2,1-2H3,(H3,20,21,23,24). The molecule has 3 rings (SSSR count). The normalized spacial score (nSPS) is 11.2. The number of fused-ring (bicyclic) bond motifs is 1. The summed E-state index contributed by atoms with van der Waals surface area (Å²) in [5.41, 5.74) is 9.96. The van der Waals surface area contributed by atoms with Crippen molar-refractivity contribution in [1.82, 2.24) is 19.5 Å². The molecule has 0 spiro atoms. The van der Waals surface area contributed by atoms with Crippen LogP contribution in [0.3, 0.4) is 0 Å². The zero-order valence-electron chi connectivity index (χ0n) is 14.6. The average molecular weight is 403 g/mol. The first-order chi connectivity index (χ1) is 12.1. The Morgan fingerprint density at radius 3 is 2.48 bits per heavy atom. The lowest BCUT2D eigenvalue weighted by molar-refractivity contribution is 0.788. The first-order valence-corrected chi connectivity index (χ1v) is 9.42. The van der Waals surface area contributed by atoms with Crippen LogP contribution in [0, 0.1) is 0 Å². The average Bonchev–Trinajstić information content (AvgIpc) is 2.93. The van der Waals surface area contributed by atoms with Crippen LogP contribution in [-0.4, -0.2) is 26.1 Å². The van der Waals surface area contributed by atoms with E-state index in [9.17, 15) is 0 Å². The van der Waals surface area contributed by atoms with Gasteiger partial charge in [-0.1, -0.05) is 44.5 Å². The van der Waals surface area contributed by atoms with E-state index in [2.05, 4.69) is 74.3 Å². The molecule has 1 aromatic carbocycles. The minimum Gasteiger partial charge on any atom is -0.382 e. The summed E-state index contributed by atoms with van der Waals surface area (Å²) in [5.74, 6) is 0.943. The fourth-order valence-corrected chi connectivity index (χ4v) is 3.13. The lowest BCUT2D eigenvalue weighted by Gasteiger charge is -2.09. The topological polar surface area (TPSA) is 81.6 Å². The Morgan fingerprint density at radius 2 is 1.80 bits per heavy atom. The third-order valence-corrected chi connectivity index (χ3v) is 4.77. The second-order valence-electron chi connectivity index (χ2n) is 6.02. The highest BCUT2D eigenvalue weighted by Crippen LogP contribution is 2.25. The van der Waals surface area contributed by atoms with E-state index in [1.54, 1.807) is 0 Å². The van der Waals surface area contributed by atoms with Crippen molar-refractivity contribution < 1.29 is 0 Å². The van der Waals surface area contributed by atoms with Crippen LogP contribution in [-0.2, 0) is 13.0 Å². The highest BCUT2D eigenvalue weighted by Gasteiger charge is 2.15. The SMILES string of the molecule is CCCCNc1nc(N)c2nc(Br)n(Cc3ccc(CC)cc3)c2n1. The van der Waals surface area contributed by atoms with Crippen molar-refractivity contribution in [2.24, 2.45) is 0 Å². The smallest absolute Gasteiger partial charge is 0.226 e. The number of nitrogens with two attached hydrogens (primary N) is 1. The third-order valence-electron chi connectivity index (χ3n) is 4.16. The van der Waals surface area contributed by atoms with Gasteiger partial charge in [0.25, 0.3) is 0 Å². The van der Waals surface area contributed by atoms with E-state index < -0.39 is 0 Å². The van der Waals surface area contributed by atoms with Gasteiger partial charge in [0, 0.05) is 6.54 Å². The van der Waals surface area contributed by atoms with Crippen molar-refractivity contribution in [2.45, 2.75) is 39.7 Å². The number of nitrogens with one attached hydrogen (secondary N) is 1. The third kappa shape index (κ3) is 3.92. The summed E-state index contributed by atoms with van der Waals surface area (Å²) >= 11 is 3.53. The second-order valence-corrected chi connectivity index (χ2v) is 6.73. The number of anilines is 2. The van der Waals surface area contributed by atoms with Gasteiger partial charge in [0.1, 0.15) is 0 Å². The number of nitrogens with zero attached hydrogens (tertiary/aromatic N) is 4. The minimum atomic E-state index is 0.393. The Balaban J connectivity index is 1.94. The number of hydrogen-bond donors (Lipinski definition) is 2. The summed E-state index contributed by atoms with van der Waals surface area (Å²) < 4.78 is 2.72. The van der Waals surface area contributed by atoms with Gasteiger partial charge in [0.05, 0.1) is 6.54 Å². The summed E-state index contributed by atoms with van der Waals surface area (Å²) in [5, 5.41) is 3.24. The number of unbranched alkanes of at least 4 members (excludes halogenated alkanes) is 1. The quantitative estimate of drug-likeness (QED) is 0.461. The van der Waals surface area contributed by atoms with Gasteiger partial charge in [-0.05, 0) is 39.9 Å². The number of nitrogen functional groups attached to an aromatic ring is 1. The molecule has 0 fully saturated rings. The molecule has 0 saturated carbocycles. The van der Waals surface area contributed by atoms with Crippen molar-refractivity contribution in [3.63, 3.8) is 0 Å². The molecule has 3 aromatic rings. The van der Waals surface area contributed by atoms with Crippen molar-refractivity contribution >= 4 is 38.9 Å². The van der Waals surface area contributed by atoms with E-state index in [4.69, 9.17) is 5.73 Å². The molecule has 0 aliphatic carbocycles. The van der Waals surface area contributed by atoms with E-state index in [-0.39, 0.29) is 0 Å². The molecule has 0 aliphatic rings. The first-order valence-electron chi connectivity index (χ1n) is 8.63. The van der Waals surface area contributed by atoms with Gasteiger partial charge in [-0.15, -0.1) is 0 Å². The molecule has 2 heterocycles. The molecule has 0 saturated heterocycles. The maximum Gasteiger partial charge on any atom is 0.226 e. The monoisotopic (exact) mass is 402 g/mol. The highest BCUT2D eigenvalue weighted by atomic mass is 79.9. The molecule has 0 unspecified atom stereocenters. The lowest BCUT2D eigenvalue weighted by atomic mass is 10.1. The Kier molecular flexibility index (Phi) is 5.53. The van der Waals surface area contributed by atoms with Crippen molar-refractivity contribution in [3.8, 4) is 0 Å². The van der Waals surface area contributed by atoms with Crippen molar-refractivity contribution in [3.05, 3.63) is 40.1 Å². The fourth-order valence-electron chi connectivity index (χ4n) is 2.65.